The lowest BCUT2D eigenvalue weighted by Crippen LogP contribution is -2.37. The van der Waals surface area contributed by atoms with E-state index in [1.54, 1.807) is 13.0 Å². The lowest BCUT2D eigenvalue weighted by Gasteiger charge is -2.29. The third-order valence-electron chi connectivity index (χ3n) is 3.26. The van der Waals surface area contributed by atoms with E-state index in [0.717, 1.165) is 25.1 Å². The Kier molecular flexibility index (Phi) is 5.29. The van der Waals surface area contributed by atoms with Gasteiger partial charge in [-0.25, -0.2) is 4.39 Å². The average Bonchev–Trinajstić information content (AvgIpc) is 2.30. The number of halogens is 1. The van der Waals surface area contributed by atoms with E-state index in [9.17, 15) is 4.39 Å². The largest absolute Gasteiger partial charge is 0.330 e. The predicted molar refractivity (Wildman–Crippen MR) is 75.2 cm³/mol. The maximum Gasteiger partial charge on any atom is 0.126 e. The lowest BCUT2D eigenvalue weighted by molar-refractivity contribution is 0.218. The van der Waals surface area contributed by atoms with Crippen molar-refractivity contribution in [2.45, 2.75) is 27.2 Å². The molecule has 1 aromatic carbocycles. The monoisotopic (exact) mass is 252 g/mol. The van der Waals surface area contributed by atoms with Crippen LogP contribution in [0.25, 0.3) is 0 Å². The summed E-state index contributed by atoms with van der Waals surface area (Å²) in [6, 6.07) is 5.34. The van der Waals surface area contributed by atoms with E-state index >= 15 is 0 Å². The molecule has 0 unspecified atom stereocenters. The van der Waals surface area contributed by atoms with Gasteiger partial charge in [-0.2, -0.15) is 0 Å². The second-order valence-corrected chi connectivity index (χ2v) is 5.94. The first kappa shape index (κ1) is 15.1. The molecule has 0 radical (unpaired) electrons. The molecule has 0 aliphatic carbocycles. The second kappa shape index (κ2) is 6.30. The molecule has 0 aliphatic heterocycles. The zero-order valence-electron chi connectivity index (χ0n) is 12.0. The predicted octanol–water partition coefficient (Wildman–Crippen LogP) is 2.59. The van der Waals surface area contributed by atoms with Gasteiger partial charge in [0.2, 0.25) is 0 Å². The smallest absolute Gasteiger partial charge is 0.126 e. The first-order chi connectivity index (χ1) is 8.34. The molecule has 3 heteroatoms. The maximum absolute atomic E-state index is 13.1. The number of rotatable bonds is 6. The Morgan fingerprint density at radius 1 is 1.33 bits per heavy atom. The van der Waals surface area contributed by atoms with E-state index in [4.69, 9.17) is 5.73 Å². The van der Waals surface area contributed by atoms with Crippen LogP contribution >= 0.6 is 0 Å². The summed E-state index contributed by atoms with van der Waals surface area (Å²) >= 11 is 0. The van der Waals surface area contributed by atoms with E-state index in [-0.39, 0.29) is 11.2 Å². The quantitative estimate of drug-likeness (QED) is 0.843. The van der Waals surface area contributed by atoms with Gasteiger partial charge in [0.1, 0.15) is 5.82 Å². The van der Waals surface area contributed by atoms with Gasteiger partial charge in [-0.1, -0.05) is 26.0 Å². The average molecular weight is 252 g/mol. The van der Waals surface area contributed by atoms with Crippen molar-refractivity contribution in [2.24, 2.45) is 11.1 Å². The van der Waals surface area contributed by atoms with Gasteiger partial charge >= 0.3 is 0 Å². The summed E-state index contributed by atoms with van der Waals surface area (Å²) in [5.41, 5.74) is 7.78. The van der Waals surface area contributed by atoms with Gasteiger partial charge in [0.05, 0.1) is 0 Å². The summed E-state index contributed by atoms with van der Waals surface area (Å²) in [6.07, 6.45) is 0.943. The fourth-order valence-electron chi connectivity index (χ4n) is 2.06. The Morgan fingerprint density at radius 2 is 2.00 bits per heavy atom. The molecule has 0 fully saturated rings. The first-order valence-electron chi connectivity index (χ1n) is 6.48. The highest BCUT2D eigenvalue weighted by Gasteiger charge is 2.17. The summed E-state index contributed by atoms with van der Waals surface area (Å²) in [7, 11) is 2.10. The van der Waals surface area contributed by atoms with Crippen LogP contribution in [0.2, 0.25) is 0 Å². The molecule has 0 saturated carbocycles. The van der Waals surface area contributed by atoms with Crippen LogP contribution < -0.4 is 5.73 Å². The molecule has 0 saturated heterocycles. The van der Waals surface area contributed by atoms with Crippen LogP contribution in [0.15, 0.2) is 18.2 Å². The van der Waals surface area contributed by atoms with E-state index in [1.165, 1.54) is 5.56 Å². The molecule has 102 valence electrons. The van der Waals surface area contributed by atoms with Crippen molar-refractivity contribution in [2.75, 3.05) is 26.7 Å². The van der Waals surface area contributed by atoms with Crippen molar-refractivity contribution in [3.05, 3.63) is 35.1 Å². The molecular weight excluding hydrogens is 227 g/mol. The zero-order chi connectivity index (χ0) is 13.8. The van der Waals surface area contributed by atoms with E-state index in [2.05, 4.69) is 25.8 Å². The summed E-state index contributed by atoms with van der Waals surface area (Å²) in [5, 5.41) is 0. The first-order valence-corrected chi connectivity index (χ1v) is 6.48. The molecule has 0 spiro atoms. The number of nitrogens with two attached hydrogens (primary N) is 1. The van der Waals surface area contributed by atoms with Crippen LogP contribution in [0, 0.1) is 18.2 Å². The highest BCUT2D eigenvalue weighted by Crippen LogP contribution is 2.15. The summed E-state index contributed by atoms with van der Waals surface area (Å²) < 4.78 is 13.1. The van der Waals surface area contributed by atoms with Crippen LogP contribution in [-0.2, 0) is 6.42 Å². The number of nitrogens with zero attached hydrogens (tertiary/aromatic N) is 1. The molecule has 0 amide bonds. The maximum atomic E-state index is 13.1. The minimum Gasteiger partial charge on any atom is -0.330 e. The Balaban J connectivity index is 2.47. The van der Waals surface area contributed by atoms with Crippen LogP contribution in [0.4, 0.5) is 4.39 Å². The van der Waals surface area contributed by atoms with Crippen molar-refractivity contribution < 1.29 is 4.39 Å². The van der Waals surface area contributed by atoms with Crippen LogP contribution in [0.5, 0.6) is 0 Å². The van der Waals surface area contributed by atoms with Crippen molar-refractivity contribution in [1.29, 1.82) is 0 Å². The normalized spacial score (nSPS) is 12.2. The van der Waals surface area contributed by atoms with E-state index < -0.39 is 0 Å². The third kappa shape index (κ3) is 4.75. The summed E-state index contributed by atoms with van der Waals surface area (Å²) in [4.78, 5) is 2.28. The molecular formula is C15H25FN2. The Bertz CT molecular complexity index is 388. The Labute approximate surface area is 110 Å². The van der Waals surface area contributed by atoms with Crippen LogP contribution in [-0.4, -0.2) is 31.6 Å². The van der Waals surface area contributed by atoms with Gasteiger partial charge in [0.15, 0.2) is 0 Å². The van der Waals surface area contributed by atoms with Gasteiger partial charge < -0.3 is 10.6 Å². The molecule has 0 atom stereocenters. The number of hydrogen-bond donors (Lipinski definition) is 1. The van der Waals surface area contributed by atoms with Gasteiger partial charge in [0.25, 0.3) is 0 Å². The van der Waals surface area contributed by atoms with Gasteiger partial charge in [0, 0.05) is 13.1 Å². The zero-order valence-corrected chi connectivity index (χ0v) is 12.0. The minimum atomic E-state index is -0.128. The molecule has 0 aromatic heterocycles. The molecule has 0 heterocycles. The van der Waals surface area contributed by atoms with Gasteiger partial charge in [-0.15, -0.1) is 0 Å². The molecule has 1 rings (SSSR count). The topological polar surface area (TPSA) is 29.3 Å². The Hall–Kier alpha value is -0.930. The minimum absolute atomic E-state index is 0.128. The fourth-order valence-corrected chi connectivity index (χ4v) is 2.06. The SMILES string of the molecule is Cc1cc(CCN(C)CC(C)(C)CN)ccc1F. The van der Waals surface area contributed by atoms with E-state index in [0.29, 0.717) is 6.54 Å². The molecule has 18 heavy (non-hydrogen) atoms. The summed E-state index contributed by atoms with van der Waals surface area (Å²) in [5.74, 6) is -0.128. The van der Waals surface area contributed by atoms with Gasteiger partial charge in [-0.05, 0) is 49.5 Å². The lowest BCUT2D eigenvalue weighted by atomic mass is 9.93. The summed E-state index contributed by atoms with van der Waals surface area (Å²) in [6.45, 7) is 8.78. The third-order valence-corrected chi connectivity index (χ3v) is 3.26. The number of hydrogen-bond acceptors (Lipinski definition) is 2. The van der Waals surface area contributed by atoms with Crippen molar-refractivity contribution >= 4 is 0 Å². The molecule has 0 aliphatic rings. The van der Waals surface area contributed by atoms with Crippen LogP contribution in [0.3, 0.4) is 0 Å². The molecule has 0 bridgehead atoms. The van der Waals surface area contributed by atoms with Crippen molar-refractivity contribution in [1.82, 2.24) is 4.90 Å². The number of likely N-dealkylation sites (N-methyl/N-ethyl adjacent to an activating group) is 1. The highest BCUT2D eigenvalue weighted by atomic mass is 19.1. The van der Waals surface area contributed by atoms with Gasteiger partial charge in [-0.3, -0.25) is 0 Å². The molecule has 2 N–H and O–H groups in total. The fraction of sp³-hybridized carbons (Fsp3) is 0.600. The van der Waals surface area contributed by atoms with Crippen LogP contribution in [0.1, 0.15) is 25.0 Å². The second-order valence-electron chi connectivity index (χ2n) is 5.94. The van der Waals surface area contributed by atoms with Crippen molar-refractivity contribution in [3.8, 4) is 0 Å². The Morgan fingerprint density at radius 3 is 2.56 bits per heavy atom. The highest BCUT2D eigenvalue weighted by molar-refractivity contribution is 5.24. The number of benzene rings is 1. The number of aryl methyl sites for hydroxylation is 1. The standard InChI is InChI=1S/C15H25FN2/c1-12-9-13(5-6-14(12)16)7-8-18(4)11-15(2,3)10-17/h5-6,9H,7-8,10-11,17H2,1-4H3. The van der Waals surface area contributed by atoms with Crippen molar-refractivity contribution in [3.63, 3.8) is 0 Å². The molecule has 1 aromatic rings. The molecule has 2 nitrogen and oxygen atoms in total. The van der Waals surface area contributed by atoms with E-state index in [1.807, 2.05) is 12.1 Å².